The first-order valence-corrected chi connectivity index (χ1v) is 4.58. The summed E-state index contributed by atoms with van der Waals surface area (Å²) in [6.45, 7) is 2.44. The fourth-order valence-corrected chi connectivity index (χ4v) is 1.27. The van der Waals surface area contributed by atoms with Gasteiger partial charge in [0.05, 0.1) is 12.2 Å². The van der Waals surface area contributed by atoms with Crippen LogP contribution in [0.1, 0.15) is 18.5 Å². The Labute approximate surface area is 84.5 Å². The maximum absolute atomic E-state index is 5.65. The van der Waals surface area contributed by atoms with Crippen molar-refractivity contribution in [2.24, 2.45) is 12.8 Å². The first-order valence-electron chi connectivity index (χ1n) is 4.58. The zero-order valence-electron chi connectivity index (χ0n) is 8.57. The Hall–Kier alpha value is -1.31. The Kier molecular flexibility index (Phi) is 3.69. The maximum atomic E-state index is 5.65. The molecule has 2 unspecified atom stereocenters. The lowest BCUT2D eigenvalue weighted by Crippen LogP contribution is -2.33. The van der Waals surface area contributed by atoms with Crippen molar-refractivity contribution in [3.8, 4) is 12.3 Å². The van der Waals surface area contributed by atoms with E-state index in [1.54, 1.807) is 10.9 Å². The fourth-order valence-electron chi connectivity index (χ4n) is 1.27. The minimum Gasteiger partial charge on any atom is -0.329 e. The van der Waals surface area contributed by atoms with Crippen molar-refractivity contribution in [2.75, 3.05) is 6.54 Å². The summed E-state index contributed by atoms with van der Waals surface area (Å²) in [5, 5.41) is 7.32. The van der Waals surface area contributed by atoms with Crippen molar-refractivity contribution in [2.45, 2.75) is 19.0 Å². The topological polar surface area (TPSA) is 55.9 Å². The number of aryl methyl sites for hydroxylation is 1. The summed E-state index contributed by atoms with van der Waals surface area (Å²) in [6.07, 6.45) is 9.02. The van der Waals surface area contributed by atoms with Gasteiger partial charge >= 0.3 is 0 Å². The van der Waals surface area contributed by atoms with E-state index in [-0.39, 0.29) is 12.1 Å². The van der Waals surface area contributed by atoms with E-state index in [2.05, 4.69) is 16.3 Å². The molecule has 1 aromatic heterocycles. The van der Waals surface area contributed by atoms with Crippen LogP contribution < -0.4 is 11.1 Å². The molecule has 0 aromatic carbocycles. The molecular weight excluding hydrogens is 176 g/mol. The molecule has 0 saturated carbocycles. The predicted octanol–water partition coefficient (Wildman–Crippen LogP) is 0.0312. The van der Waals surface area contributed by atoms with E-state index in [9.17, 15) is 0 Å². The monoisotopic (exact) mass is 192 g/mol. The Balaban J connectivity index is 2.68. The number of nitrogens with one attached hydrogen (secondary N) is 1. The number of hydrogen-bond donors (Lipinski definition) is 2. The van der Waals surface area contributed by atoms with E-state index in [1.807, 2.05) is 20.2 Å². The van der Waals surface area contributed by atoms with Crippen LogP contribution in [0, 0.1) is 12.3 Å². The third-order valence-corrected chi connectivity index (χ3v) is 2.06. The van der Waals surface area contributed by atoms with Crippen LogP contribution in [0.15, 0.2) is 12.4 Å². The van der Waals surface area contributed by atoms with E-state index in [0.29, 0.717) is 6.54 Å². The van der Waals surface area contributed by atoms with Crippen molar-refractivity contribution in [3.63, 3.8) is 0 Å². The van der Waals surface area contributed by atoms with E-state index in [1.165, 1.54) is 0 Å². The minimum absolute atomic E-state index is 0.0174. The van der Waals surface area contributed by atoms with Crippen LogP contribution in [0.3, 0.4) is 0 Å². The third kappa shape index (κ3) is 2.59. The molecule has 0 aliphatic heterocycles. The smallest absolute Gasteiger partial charge is 0.0663 e. The highest BCUT2D eigenvalue weighted by molar-refractivity contribution is 5.12. The Bertz CT molecular complexity index is 323. The van der Waals surface area contributed by atoms with Crippen LogP contribution in [0.5, 0.6) is 0 Å². The van der Waals surface area contributed by atoms with Crippen LogP contribution in [0.2, 0.25) is 0 Å². The SMILES string of the molecule is C#CC(C)NC(CN)c1cnn(C)c1. The van der Waals surface area contributed by atoms with Gasteiger partial charge in [-0.3, -0.25) is 10.00 Å². The molecule has 2 atom stereocenters. The summed E-state index contributed by atoms with van der Waals surface area (Å²) < 4.78 is 1.75. The van der Waals surface area contributed by atoms with Crippen LogP contribution in [0.25, 0.3) is 0 Å². The number of nitrogens with zero attached hydrogens (tertiary/aromatic N) is 2. The number of hydrogen-bond acceptors (Lipinski definition) is 3. The largest absolute Gasteiger partial charge is 0.329 e. The molecule has 0 bridgehead atoms. The van der Waals surface area contributed by atoms with Crippen molar-refractivity contribution in [1.82, 2.24) is 15.1 Å². The first-order chi connectivity index (χ1) is 6.67. The average molecular weight is 192 g/mol. The molecule has 0 aliphatic rings. The van der Waals surface area contributed by atoms with Gasteiger partial charge in [-0.15, -0.1) is 6.42 Å². The van der Waals surface area contributed by atoms with Gasteiger partial charge in [-0.05, 0) is 6.92 Å². The standard InChI is InChI=1S/C10H16N4/c1-4-8(2)13-10(5-11)9-6-12-14(3)7-9/h1,6-8,10,13H,5,11H2,2-3H3. The summed E-state index contributed by atoms with van der Waals surface area (Å²) in [5.41, 5.74) is 6.72. The molecule has 1 heterocycles. The molecule has 4 nitrogen and oxygen atoms in total. The molecule has 0 spiro atoms. The summed E-state index contributed by atoms with van der Waals surface area (Å²) in [6, 6.07) is 0.0958. The Morgan fingerprint density at radius 3 is 2.93 bits per heavy atom. The lowest BCUT2D eigenvalue weighted by atomic mass is 10.1. The number of nitrogens with two attached hydrogens (primary N) is 1. The van der Waals surface area contributed by atoms with Gasteiger partial charge in [0.15, 0.2) is 0 Å². The van der Waals surface area contributed by atoms with E-state index >= 15 is 0 Å². The molecule has 76 valence electrons. The molecule has 14 heavy (non-hydrogen) atoms. The highest BCUT2D eigenvalue weighted by Crippen LogP contribution is 2.10. The summed E-state index contributed by atoms with van der Waals surface area (Å²) in [4.78, 5) is 0. The number of terminal acetylenes is 1. The van der Waals surface area contributed by atoms with Gasteiger partial charge in [0.1, 0.15) is 0 Å². The van der Waals surface area contributed by atoms with Crippen LogP contribution >= 0.6 is 0 Å². The lowest BCUT2D eigenvalue weighted by molar-refractivity contribution is 0.518. The highest BCUT2D eigenvalue weighted by Gasteiger charge is 2.12. The molecule has 3 N–H and O–H groups in total. The molecule has 0 saturated heterocycles. The summed E-state index contributed by atoms with van der Waals surface area (Å²) in [5.74, 6) is 2.61. The van der Waals surface area contributed by atoms with Gasteiger partial charge in [-0.1, -0.05) is 5.92 Å². The number of rotatable bonds is 4. The van der Waals surface area contributed by atoms with E-state index < -0.39 is 0 Å². The van der Waals surface area contributed by atoms with Crippen molar-refractivity contribution in [1.29, 1.82) is 0 Å². The zero-order chi connectivity index (χ0) is 10.6. The molecule has 4 heteroatoms. The van der Waals surface area contributed by atoms with Crippen LogP contribution in [-0.2, 0) is 7.05 Å². The van der Waals surface area contributed by atoms with Gasteiger partial charge in [0, 0.05) is 31.4 Å². The second-order valence-electron chi connectivity index (χ2n) is 3.29. The Morgan fingerprint density at radius 2 is 2.50 bits per heavy atom. The molecule has 0 amide bonds. The van der Waals surface area contributed by atoms with Crippen LogP contribution in [-0.4, -0.2) is 22.4 Å². The predicted molar refractivity (Wildman–Crippen MR) is 56.4 cm³/mol. The second-order valence-corrected chi connectivity index (χ2v) is 3.29. The molecule has 1 aromatic rings. The van der Waals surface area contributed by atoms with Crippen molar-refractivity contribution >= 4 is 0 Å². The third-order valence-electron chi connectivity index (χ3n) is 2.06. The van der Waals surface area contributed by atoms with E-state index in [4.69, 9.17) is 12.2 Å². The molecular formula is C10H16N4. The van der Waals surface area contributed by atoms with Crippen molar-refractivity contribution < 1.29 is 0 Å². The normalized spacial score (nSPS) is 14.7. The van der Waals surface area contributed by atoms with Gasteiger partial charge < -0.3 is 5.73 Å². The summed E-state index contributed by atoms with van der Waals surface area (Å²) >= 11 is 0. The minimum atomic E-state index is 0.0174. The van der Waals surface area contributed by atoms with Crippen molar-refractivity contribution in [3.05, 3.63) is 18.0 Å². The maximum Gasteiger partial charge on any atom is 0.0663 e. The lowest BCUT2D eigenvalue weighted by Gasteiger charge is -2.17. The molecule has 0 aliphatic carbocycles. The number of aromatic nitrogens is 2. The van der Waals surface area contributed by atoms with Gasteiger partial charge in [-0.25, -0.2) is 0 Å². The van der Waals surface area contributed by atoms with Gasteiger partial charge in [0.25, 0.3) is 0 Å². The molecule has 1 rings (SSSR count). The zero-order valence-corrected chi connectivity index (χ0v) is 8.57. The quantitative estimate of drug-likeness (QED) is 0.662. The van der Waals surface area contributed by atoms with Gasteiger partial charge in [0.2, 0.25) is 0 Å². The molecule has 0 fully saturated rings. The van der Waals surface area contributed by atoms with Crippen LogP contribution in [0.4, 0.5) is 0 Å². The first kappa shape index (κ1) is 10.8. The highest BCUT2D eigenvalue weighted by atomic mass is 15.2. The van der Waals surface area contributed by atoms with E-state index in [0.717, 1.165) is 5.56 Å². The molecule has 0 radical (unpaired) electrons. The Morgan fingerprint density at radius 1 is 1.79 bits per heavy atom. The van der Waals surface area contributed by atoms with Gasteiger partial charge in [-0.2, -0.15) is 5.10 Å². The summed E-state index contributed by atoms with van der Waals surface area (Å²) in [7, 11) is 1.88. The average Bonchev–Trinajstić information content (AvgIpc) is 2.60. The fraction of sp³-hybridized carbons (Fsp3) is 0.500. The second kappa shape index (κ2) is 4.80.